The van der Waals surface area contributed by atoms with Crippen molar-refractivity contribution in [2.24, 2.45) is 0 Å². The lowest BCUT2D eigenvalue weighted by Gasteiger charge is -2.10. The molecule has 0 spiro atoms. The Morgan fingerprint density at radius 3 is 3.00 bits per heavy atom. The van der Waals surface area contributed by atoms with E-state index in [9.17, 15) is 0 Å². The van der Waals surface area contributed by atoms with Gasteiger partial charge in [-0.2, -0.15) is 0 Å². The van der Waals surface area contributed by atoms with Crippen LogP contribution in [-0.2, 0) is 6.54 Å². The number of rotatable bonds is 6. The molecule has 1 aromatic carbocycles. The molecule has 0 aliphatic heterocycles. The quantitative estimate of drug-likeness (QED) is 0.886. The van der Waals surface area contributed by atoms with Crippen LogP contribution in [0, 0.1) is 6.92 Å². The van der Waals surface area contributed by atoms with E-state index < -0.39 is 0 Å². The van der Waals surface area contributed by atoms with E-state index in [1.165, 1.54) is 28.9 Å². The summed E-state index contributed by atoms with van der Waals surface area (Å²) in [6.07, 6.45) is 2.38. The van der Waals surface area contributed by atoms with Gasteiger partial charge in [0.2, 0.25) is 5.16 Å². The summed E-state index contributed by atoms with van der Waals surface area (Å²) in [4.78, 5) is 1.23. The Labute approximate surface area is 123 Å². The van der Waals surface area contributed by atoms with Crippen molar-refractivity contribution in [2.45, 2.75) is 49.3 Å². The molecule has 1 aromatic heterocycles. The van der Waals surface area contributed by atoms with E-state index in [-0.39, 0.29) is 0 Å². The van der Waals surface area contributed by atoms with Crippen LogP contribution in [0.4, 0.5) is 0 Å². The number of aryl methyl sites for hydroxylation is 1. The van der Waals surface area contributed by atoms with Crippen molar-refractivity contribution >= 4 is 11.8 Å². The maximum absolute atomic E-state index is 4.16. The van der Waals surface area contributed by atoms with E-state index in [0.29, 0.717) is 6.04 Å². The van der Waals surface area contributed by atoms with Gasteiger partial charge in [0, 0.05) is 11.4 Å². The molecule has 20 heavy (non-hydrogen) atoms. The highest BCUT2D eigenvalue weighted by molar-refractivity contribution is 7.99. The molecule has 0 saturated heterocycles. The molecular formula is C14H19N5S. The van der Waals surface area contributed by atoms with Crippen LogP contribution in [0.5, 0.6) is 0 Å². The zero-order chi connectivity index (χ0) is 13.9. The van der Waals surface area contributed by atoms with E-state index in [4.69, 9.17) is 0 Å². The summed E-state index contributed by atoms with van der Waals surface area (Å²) in [5.74, 6) is 0. The van der Waals surface area contributed by atoms with Gasteiger partial charge < -0.3 is 5.32 Å². The van der Waals surface area contributed by atoms with Gasteiger partial charge in [0.05, 0.1) is 6.04 Å². The van der Waals surface area contributed by atoms with Gasteiger partial charge >= 0.3 is 0 Å². The van der Waals surface area contributed by atoms with Crippen LogP contribution >= 0.6 is 11.8 Å². The summed E-state index contributed by atoms with van der Waals surface area (Å²) < 4.78 is 1.96. The first kappa shape index (κ1) is 13.6. The van der Waals surface area contributed by atoms with Gasteiger partial charge in [0.15, 0.2) is 0 Å². The highest BCUT2D eigenvalue weighted by Crippen LogP contribution is 2.38. The first-order valence-electron chi connectivity index (χ1n) is 7.04. The first-order chi connectivity index (χ1) is 9.78. The van der Waals surface area contributed by atoms with E-state index in [1.54, 1.807) is 11.8 Å². The molecule has 106 valence electrons. The number of nitrogens with zero attached hydrogens (tertiary/aromatic N) is 4. The van der Waals surface area contributed by atoms with Gasteiger partial charge in [-0.25, -0.2) is 4.68 Å². The second-order valence-electron chi connectivity index (χ2n) is 5.13. The normalized spacial score (nSPS) is 14.7. The maximum atomic E-state index is 4.16. The van der Waals surface area contributed by atoms with Gasteiger partial charge in [-0.15, -0.1) is 5.10 Å². The molecule has 0 radical (unpaired) electrons. The number of nitrogens with one attached hydrogen (secondary N) is 1. The smallest absolute Gasteiger partial charge is 0.214 e. The molecule has 0 amide bonds. The van der Waals surface area contributed by atoms with Crippen LogP contribution in [0.1, 0.15) is 36.9 Å². The number of tetrazole rings is 1. The van der Waals surface area contributed by atoms with Gasteiger partial charge in [0.25, 0.3) is 0 Å². The highest BCUT2D eigenvalue weighted by atomic mass is 32.2. The highest BCUT2D eigenvalue weighted by Gasteiger charge is 2.28. The summed E-state index contributed by atoms with van der Waals surface area (Å²) in [5.41, 5.74) is 2.59. The molecule has 2 aromatic rings. The summed E-state index contributed by atoms with van der Waals surface area (Å²) in [6.45, 7) is 6.10. The third kappa shape index (κ3) is 3.02. The SMILES string of the molecule is CCNCc1cc(C)ccc1Sc1nnnn1C1CC1. The maximum Gasteiger partial charge on any atom is 0.214 e. The molecule has 5 nitrogen and oxygen atoms in total. The average molecular weight is 289 g/mol. The second kappa shape index (κ2) is 5.93. The fraction of sp³-hybridized carbons (Fsp3) is 0.500. The minimum absolute atomic E-state index is 0.509. The predicted molar refractivity (Wildman–Crippen MR) is 78.8 cm³/mol. The second-order valence-corrected chi connectivity index (χ2v) is 6.14. The predicted octanol–water partition coefficient (Wildman–Crippen LogP) is 2.58. The Balaban J connectivity index is 1.83. The topological polar surface area (TPSA) is 55.6 Å². The standard InChI is InChI=1S/C14H19N5S/c1-3-15-9-11-8-10(2)4-7-13(11)20-14-16-17-18-19(14)12-5-6-12/h4,7-8,12,15H,3,5-6,9H2,1-2H3. The molecule has 0 atom stereocenters. The zero-order valence-corrected chi connectivity index (χ0v) is 12.7. The Kier molecular flexibility index (Phi) is 4.03. The molecule has 1 fully saturated rings. The summed E-state index contributed by atoms with van der Waals surface area (Å²) in [5, 5.41) is 16.4. The fourth-order valence-electron chi connectivity index (χ4n) is 2.10. The van der Waals surface area contributed by atoms with Crippen molar-refractivity contribution in [2.75, 3.05) is 6.54 Å². The van der Waals surface area contributed by atoms with Gasteiger partial charge in [-0.05, 0) is 60.1 Å². The fourth-order valence-corrected chi connectivity index (χ4v) is 3.06. The van der Waals surface area contributed by atoms with E-state index in [2.05, 4.69) is 52.9 Å². The van der Waals surface area contributed by atoms with Crippen molar-refractivity contribution in [1.29, 1.82) is 0 Å². The van der Waals surface area contributed by atoms with Crippen LogP contribution < -0.4 is 5.32 Å². The number of hydrogen-bond acceptors (Lipinski definition) is 5. The molecule has 0 bridgehead atoms. The lowest BCUT2D eigenvalue weighted by atomic mass is 10.1. The lowest BCUT2D eigenvalue weighted by molar-refractivity contribution is 0.565. The molecule has 1 heterocycles. The van der Waals surface area contributed by atoms with Gasteiger partial charge in [-0.3, -0.25) is 0 Å². The third-order valence-corrected chi connectivity index (χ3v) is 4.41. The van der Waals surface area contributed by atoms with Gasteiger partial charge in [-0.1, -0.05) is 24.6 Å². The monoisotopic (exact) mass is 289 g/mol. The molecule has 0 unspecified atom stereocenters. The molecule has 1 saturated carbocycles. The van der Waals surface area contributed by atoms with Crippen molar-refractivity contribution in [1.82, 2.24) is 25.5 Å². The number of hydrogen-bond donors (Lipinski definition) is 1. The van der Waals surface area contributed by atoms with Crippen LogP contribution in [0.15, 0.2) is 28.3 Å². The zero-order valence-electron chi connectivity index (χ0n) is 11.8. The lowest BCUT2D eigenvalue weighted by Crippen LogP contribution is -2.12. The number of aromatic nitrogens is 4. The Morgan fingerprint density at radius 2 is 2.25 bits per heavy atom. The summed E-state index contributed by atoms with van der Waals surface area (Å²) in [7, 11) is 0. The first-order valence-corrected chi connectivity index (χ1v) is 7.85. The van der Waals surface area contributed by atoms with E-state index in [0.717, 1.165) is 18.2 Å². The molecule has 1 N–H and O–H groups in total. The largest absolute Gasteiger partial charge is 0.313 e. The molecule has 6 heteroatoms. The minimum atomic E-state index is 0.509. The summed E-state index contributed by atoms with van der Waals surface area (Å²) in [6, 6.07) is 7.05. The van der Waals surface area contributed by atoms with E-state index >= 15 is 0 Å². The molecule has 1 aliphatic rings. The van der Waals surface area contributed by atoms with Crippen LogP contribution in [0.25, 0.3) is 0 Å². The van der Waals surface area contributed by atoms with Crippen molar-refractivity contribution in [3.63, 3.8) is 0 Å². The van der Waals surface area contributed by atoms with Crippen molar-refractivity contribution in [3.8, 4) is 0 Å². The Bertz CT molecular complexity index is 591. The van der Waals surface area contributed by atoms with Gasteiger partial charge in [0.1, 0.15) is 0 Å². The average Bonchev–Trinajstić information content (AvgIpc) is 3.19. The minimum Gasteiger partial charge on any atom is -0.313 e. The number of benzene rings is 1. The molecule has 1 aliphatic carbocycles. The van der Waals surface area contributed by atoms with E-state index in [1.807, 2.05) is 4.68 Å². The van der Waals surface area contributed by atoms with Crippen LogP contribution in [-0.4, -0.2) is 26.8 Å². The Hall–Kier alpha value is -1.40. The third-order valence-electron chi connectivity index (χ3n) is 3.34. The van der Waals surface area contributed by atoms with Crippen LogP contribution in [0.3, 0.4) is 0 Å². The van der Waals surface area contributed by atoms with Crippen LogP contribution in [0.2, 0.25) is 0 Å². The molecule has 3 rings (SSSR count). The summed E-state index contributed by atoms with van der Waals surface area (Å²) >= 11 is 1.66. The molecular weight excluding hydrogens is 270 g/mol. The van der Waals surface area contributed by atoms with Crippen molar-refractivity contribution in [3.05, 3.63) is 29.3 Å². The Morgan fingerprint density at radius 1 is 1.40 bits per heavy atom. The van der Waals surface area contributed by atoms with Crippen molar-refractivity contribution < 1.29 is 0 Å².